The number of hydrogen-bond donors (Lipinski definition) is 0. The average Bonchev–Trinajstić information content (AvgIpc) is 2.96. The standard InChI is InChI=1S/C23H21OP/c1-15-16(2)23(25-22(15)18-10-5-4-6-11-18)21-19-12-8-7-9-17(19)13-14-20(21)24-3/h4-14,25H,1-3H3. The molecule has 0 N–H and O–H groups in total. The maximum Gasteiger partial charge on any atom is 0.127 e. The van der Waals surface area contributed by atoms with E-state index >= 15 is 0 Å². The van der Waals surface area contributed by atoms with E-state index in [1.165, 1.54) is 43.6 Å². The second-order valence-corrected chi connectivity index (χ2v) is 7.60. The van der Waals surface area contributed by atoms with Crippen LogP contribution in [-0.2, 0) is 0 Å². The lowest BCUT2D eigenvalue weighted by Gasteiger charge is -2.12. The van der Waals surface area contributed by atoms with Crippen LogP contribution in [-0.4, -0.2) is 7.11 Å². The third-order valence-electron chi connectivity index (χ3n) is 4.99. The van der Waals surface area contributed by atoms with Crippen LogP contribution in [0, 0.1) is 13.8 Å². The molecule has 0 radical (unpaired) electrons. The number of benzene rings is 3. The van der Waals surface area contributed by atoms with E-state index in [2.05, 4.69) is 80.6 Å². The van der Waals surface area contributed by atoms with E-state index in [4.69, 9.17) is 4.74 Å². The van der Waals surface area contributed by atoms with Crippen molar-refractivity contribution in [3.8, 4) is 27.5 Å². The number of hydrogen-bond acceptors (Lipinski definition) is 1. The highest BCUT2D eigenvalue weighted by molar-refractivity contribution is 7.38. The van der Waals surface area contributed by atoms with Crippen molar-refractivity contribution in [1.29, 1.82) is 0 Å². The lowest BCUT2D eigenvalue weighted by atomic mass is 9.98. The van der Waals surface area contributed by atoms with Crippen LogP contribution in [0.1, 0.15) is 11.1 Å². The van der Waals surface area contributed by atoms with E-state index in [1.807, 2.05) is 0 Å². The smallest absolute Gasteiger partial charge is 0.127 e. The largest absolute Gasteiger partial charge is 0.496 e. The summed E-state index contributed by atoms with van der Waals surface area (Å²) in [4.78, 5) is 0. The van der Waals surface area contributed by atoms with E-state index in [9.17, 15) is 0 Å². The van der Waals surface area contributed by atoms with Gasteiger partial charge in [0.05, 0.1) is 7.11 Å². The van der Waals surface area contributed by atoms with Gasteiger partial charge in [-0.05, 0) is 47.4 Å². The van der Waals surface area contributed by atoms with Crippen LogP contribution in [0.4, 0.5) is 0 Å². The first-order valence-electron chi connectivity index (χ1n) is 8.51. The number of methoxy groups -OCH3 is 1. The summed E-state index contributed by atoms with van der Waals surface area (Å²) in [7, 11) is 2.41. The molecule has 0 amide bonds. The summed E-state index contributed by atoms with van der Waals surface area (Å²) in [5.74, 6) is 0.961. The summed E-state index contributed by atoms with van der Waals surface area (Å²) in [5.41, 5.74) is 5.36. The number of rotatable bonds is 3. The third kappa shape index (κ3) is 2.65. The van der Waals surface area contributed by atoms with Crippen molar-refractivity contribution in [2.75, 3.05) is 7.11 Å². The first kappa shape index (κ1) is 16.0. The molecule has 0 aliphatic carbocycles. The van der Waals surface area contributed by atoms with Crippen LogP contribution in [0.2, 0.25) is 0 Å². The molecule has 1 aromatic heterocycles. The Kier molecular flexibility index (Phi) is 4.11. The molecule has 4 rings (SSSR count). The van der Waals surface area contributed by atoms with E-state index in [0.717, 1.165) is 5.75 Å². The van der Waals surface area contributed by atoms with Gasteiger partial charge in [-0.15, -0.1) is 8.19 Å². The lowest BCUT2D eigenvalue weighted by molar-refractivity contribution is 0.417. The lowest BCUT2D eigenvalue weighted by Crippen LogP contribution is -1.89. The molecule has 0 fully saturated rings. The van der Waals surface area contributed by atoms with Crippen molar-refractivity contribution in [1.82, 2.24) is 0 Å². The molecule has 1 heterocycles. The van der Waals surface area contributed by atoms with Crippen molar-refractivity contribution >= 4 is 19.0 Å². The molecule has 3 aromatic carbocycles. The first-order valence-corrected chi connectivity index (χ1v) is 9.51. The third-order valence-corrected chi connectivity index (χ3v) is 6.77. The van der Waals surface area contributed by atoms with Crippen molar-refractivity contribution in [3.63, 3.8) is 0 Å². The molecule has 0 spiro atoms. The Morgan fingerprint density at radius 1 is 0.720 bits per heavy atom. The molecule has 0 bridgehead atoms. The Morgan fingerprint density at radius 3 is 2.16 bits per heavy atom. The quantitative estimate of drug-likeness (QED) is 0.396. The maximum absolute atomic E-state index is 5.74. The van der Waals surface area contributed by atoms with Crippen molar-refractivity contribution in [3.05, 3.63) is 77.9 Å². The van der Waals surface area contributed by atoms with Gasteiger partial charge in [0.1, 0.15) is 5.75 Å². The molecule has 0 saturated carbocycles. The van der Waals surface area contributed by atoms with Gasteiger partial charge in [0.25, 0.3) is 0 Å². The monoisotopic (exact) mass is 344 g/mol. The van der Waals surface area contributed by atoms with Crippen molar-refractivity contribution in [2.45, 2.75) is 13.8 Å². The molecule has 4 aromatic rings. The fraction of sp³-hybridized carbons (Fsp3) is 0.130. The van der Waals surface area contributed by atoms with Gasteiger partial charge in [0, 0.05) is 16.2 Å². The Bertz CT molecular complexity index is 1040. The second-order valence-electron chi connectivity index (χ2n) is 6.35. The summed E-state index contributed by atoms with van der Waals surface area (Å²) >= 11 is 0. The van der Waals surface area contributed by atoms with Crippen molar-refractivity contribution < 1.29 is 4.74 Å². The Morgan fingerprint density at radius 2 is 1.40 bits per heavy atom. The Hall–Kier alpha value is -2.50. The van der Waals surface area contributed by atoms with Gasteiger partial charge < -0.3 is 4.74 Å². The highest BCUT2D eigenvalue weighted by atomic mass is 31.0. The normalized spacial score (nSPS) is 11.3. The van der Waals surface area contributed by atoms with E-state index < -0.39 is 0 Å². The van der Waals surface area contributed by atoms with Crippen LogP contribution < -0.4 is 4.74 Å². The summed E-state index contributed by atoms with van der Waals surface area (Å²) in [6.45, 7) is 4.49. The van der Waals surface area contributed by atoms with Gasteiger partial charge in [-0.3, -0.25) is 0 Å². The average molecular weight is 344 g/mol. The molecule has 124 valence electrons. The van der Waals surface area contributed by atoms with Crippen LogP contribution in [0.25, 0.3) is 32.5 Å². The highest BCUT2D eigenvalue weighted by Gasteiger charge is 2.18. The maximum atomic E-state index is 5.74. The van der Waals surface area contributed by atoms with E-state index in [1.54, 1.807) is 7.11 Å². The zero-order valence-corrected chi connectivity index (χ0v) is 15.8. The Balaban J connectivity index is 2.02. The van der Waals surface area contributed by atoms with Gasteiger partial charge in [-0.2, -0.15) is 0 Å². The molecule has 0 aliphatic rings. The molecule has 1 unspecified atom stereocenters. The van der Waals surface area contributed by atoms with Crippen LogP contribution in [0.15, 0.2) is 66.7 Å². The Labute approximate surface area is 150 Å². The summed E-state index contributed by atoms with van der Waals surface area (Å²) in [6.07, 6.45) is 0. The molecule has 1 nitrogen and oxygen atoms in total. The van der Waals surface area contributed by atoms with Crippen LogP contribution in [0.3, 0.4) is 0 Å². The molecule has 1 atom stereocenters. The molecular weight excluding hydrogens is 323 g/mol. The topological polar surface area (TPSA) is 9.23 Å². The van der Waals surface area contributed by atoms with Gasteiger partial charge in [-0.1, -0.05) is 60.7 Å². The minimum absolute atomic E-state index is 0.648. The SMILES string of the molecule is COc1ccc2ccccc2c1-c1[pH]c(-c2ccccc2)c(C)c1C. The second kappa shape index (κ2) is 6.43. The minimum Gasteiger partial charge on any atom is -0.496 e. The predicted molar refractivity (Wildman–Crippen MR) is 110 cm³/mol. The van der Waals surface area contributed by atoms with Crippen LogP contribution >= 0.6 is 8.19 Å². The van der Waals surface area contributed by atoms with Gasteiger partial charge in [-0.25, -0.2) is 0 Å². The molecule has 2 heteroatoms. The van der Waals surface area contributed by atoms with Gasteiger partial charge in [0.15, 0.2) is 0 Å². The fourth-order valence-corrected chi connectivity index (χ4v) is 5.20. The summed E-state index contributed by atoms with van der Waals surface area (Å²) in [5, 5.41) is 5.38. The summed E-state index contributed by atoms with van der Waals surface area (Å²) < 4.78 is 5.74. The number of fused-ring (bicyclic) bond motifs is 1. The number of ether oxygens (including phenoxy) is 1. The van der Waals surface area contributed by atoms with E-state index in [0.29, 0.717) is 8.19 Å². The highest BCUT2D eigenvalue weighted by Crippen LogP contribution is 2.49. The fourth-order valence-electron chi connectivity index (χ4n) is 3.51. The van der Waals surface area contributed by atoms with Gasteiger partial charge in [0.2, 0.25) is 0 Å². The van der Waals surface area contributed by atoms with Gasteiger partial charge >= 0.3 is 0 Å². The first-order chi connectivity index (χ1) is 12.2. The predicted octanol–water partition coefficient (Wildman–Crippen LogP) is 6.83. The molecule has 0 saturated heterocycles. The zero-order chi connectivity index (χ0) is 17.4. The van der Waals surface area contributed by atoms with Crippen molar-refractivity contribution in [2.24, 2.45) is 0 Å². The molecule has 25 heavy (non-hydrogen) atoms. The molecular formula is C23H21OP. The molecule has 0 aliphatic heterocycles. The summed E-state index contributed by atoms with van der Waals surface area (Å²) in [6, 6.07) is 23.5. The zero-order valence-electron chi connectivity index (χ0n) is 14.8. The minimum atomic E-state index is 0.648. The van der Waals surface area contributed by atoms with E-state index in [-0.39, 0.29) is 0 Å². The van der Waals surface area contributed by atoms with Crippen LogP contribution in [0.5, 0.6) is 5.75 Å².